The van der Waals surface area contributed by atoms with Crippen molar-refractivity contribution in [3.05, 3.63) is 0 Å². The Morgan fingerprint density at radius 3 is 1.92 bits per heavy atom. The van der Waals surface area contributed by atoms with Gasteiger partial charge < -0.3 is 0 Å². The average Bonchev–Trinajstić information content (AvgIpc) is 2.12. The molecular weight excluding hydrogens is 159 g/mol. The second kappa shape index (κ2) is 8.15. The molecule has 0 aliphatic carbocycles. The molecule has 0 aromatic rings. The molecule has 0 fully saturated rings. The lowest BCUT2D eigenvalue weighted by Crippen LogP contribution is -2.17. The second-order valence-corrected chi connectivity index (χ2v) is 7.98. The van der Waals surface area contributed by atoms with Gasteiger partial charge in [-0.3, -0.25) is 0 Å². The Labute approximate surface area is 83.1 Å². The SMILES string of the molecule is CCCC[CH](CC)[Al]([CH2]C)[CH2]C. The fourth-order valence-electron chi connectivity index (χ4n) is 2.19. The van der Waals surface area contributed by atoms with E-state index in [0.717, 1.165) is 4.78 Å². The van der Waals surface area contributed by atoms with Gasteiger partial charge in [0, 0.05) is 0 Å². The monoisotopic (exact) mass is 184 g/mol. The highest BCUT2D eigenvalue weighted by atomic mass is 27.2. The molecule has 0 aliphatic heterocycles. The Balaban J connectivity index is 3.75. The third-order valence-corrected chi connectivity index (χ3v) is 7.40. The van der Waals surface area contributed by atoms with Crippen molar-refractivity contribution in [2.24, 2.45) is 0 Å². The number of hydrogen-bond donors (Lipinski definition) is 0. The van der Waals surface area contributed by atoms with Crippen LogP contribution in [0.2, 0.25) is 15.3 Å². The van der Waals surface area contributed by atoms with Crippen LogP contribution in [0.5, 0.6) is 0 Å². The van der Waals surface area contributed by atoms with Crippen LogP contribution in [0.25, 0.3) is 0 Å². The highest BCUT2D eigenvalue weighted by Gasteiger charge is 2.21. The average molecular weight is 184 g/mol. The second-order valence-electron chi connectivity index (χ2n) is 3.89. The van der Waals surface area contributed by atoms with Gasteiger partial charge in [0.1, 0.15) is 0 Å². The highest BCUT2D eigenvalue weighted by molar-refractivity contribution is 6.60. The number of rotatable bonds is 7. The first-order chi connectivity index (χ1) is 5.79. The van der Waals surface area contributed by atoms with E-state index in [4.69, 9.17) is 0 Å². The molecule has 1 heteroatoms. The van der Waals surface area contributed by atoms with Gasteiger partial charge in [0.25, 0.3) is 14.1 Å². The van der Waals surface area contributed by atoms with Gasteiger partial charge in [-0.1, -0.05) is 68.7 Å². The molecule has 1 unspecified atom stereocenters. The summed E-state index contributed by atoms with van der Waals surface area (Å²) < 4.78 is 1.14. The molecule has 0 amide bonds. The van der Waals surface area contributed by atoms with Gasteiger partial charge in [0.05, 0.1) is 0 Å². The standard InChI is InChI=1S/C7H15.2C2H5.Al/c1-3-5-7-6-4-2;2*1-2;/h5H,3-4,6-7H2,1-2H3;2*1H2,2H3;. The van der Waals surface area contributed by atoms with Crippen molar-refractivity contribution in [2.75, 3.05) is 0 Å². The zero-order valence-electron chi connectivity index (χ0n) is 9.40. The normalized spacial score (nSPS) is 13.0. The third kappa shape index (κ3) is 4.53. The molecule has 0 aliphatic rings. The molecule has 12 heavy (non-hydrogen) atoms. The van der Waals surface area contributed by atoms with E-state index in [1.54, 1.807) is 0 Å². The zero-order valence-corrected chi connectivity index (χ0v) is 10.6. The minimum absolute atomic E-state index is 0.339. The summed E-state index contributed by atoms with van der Waals surface area (Å²) >= 11 is -0.339. The van der Waals surface area contributed by atoms with Gasteiger partial charge in [-0.15, -0.1) is 0 Å². The maximum Gasteiger partial charge on any atom is 0.264 e. The Hall–Kier alpha value is 0.532. The lowest BCUT2D eigenvalue weighted by atomic mass is 10.1. The van der Waals surface area contributed by atoms with Gasteiger partial charge in [-0.25, -0.2) is 0 Å². The largest absolute Gasteiger partial charge is 0.264 e. The molecule has 72 valence electrons. The van der Waals surface area contributed by atoms with E-state index < -0.39 is 0 Å². The van der Waals surface area contributed by atoms with E-state index in [1.165, 1.54) is 36.2 Å². The Bertz CT molecular complexity index is 87.0. The van der Waals surface area contributed by atoms with Crippen molar-refractivity contribution in [1.29, 1.82) is 0 Å². The predicted octanol–water partition coefficient (Wildman–Crippen LogP) is 4.49. The van der Waals surface area contributed by atoms with Crippen LogP contribution in [0.15, 0.2) is 0 Å². The molecule has 0 radical (unpaired) electrons. The topological polar surface area (TPSA) is 0 Å². The Morgan fingerprint density at radius 1 is 1.00 bits per heavy atom. The molecule has 0 saturated heterocycles. The molecule has 0 N–H and O–H groups in total. The fourth-order valence-corrected chi connectivity index (χ4v) is 5.48. The first kappa shape index (κ1) is 12.5. The molecule has 0 saturated carbocycles. The summed E-state index contributed by atoms with van der Waals surface area (Å²) in [4.78, 5) is 0. The Morgan fingerprint density at radius 2 is 1.58 bits per heavy atom. The van der Waals surface area contributed by atoms with E-state index in [1.807, 2.05) is 0 Å². The quantitative estimate of drug-likeness (QED) is 0.511. The molecule has 0 rings (SSSR count). The minimum atomic E-state index is -0.339. The molecule has 0 aromatic carbocycles. The van der Waals surface area contributed by atoms with Gasteiger partial charge in [0.2, 0.25) is 0 Å². The summed E-state index contributed by atoms with van der Waals surface area (Å²) in [5.41, 5.74) is 0. The summed E-state index contributed by atoms with van der Waals surface area (Å²) in [6.07, 6.45) is 5.80. The zero-order chi connectivity index (χ0) is 9.40. The van der Waals surface area contributed by atoms with Gasteiger partial charge >= 0.3 is 0 Å². The third-order valence-electron chi connectivity index (χ3n) is 3.17. The van der Waals surface area contributed by atoms with Crippen LogP contribution in [0.1, 0.15) is 53.4 Å². The molecule has 0 bridgehead atoms. The van der Waals surface area contributed by atoms with Crippen LogP contribution in [0, 0.1) is 0 Å². The van der Waals surface area contributed by atoms with Crippen LogP contribution >= 0.6 is 0 Å². The van der Waals surface area contributed by atoms with E-state index in [9.17, 15) is 0 Å². The van der Waals surface area contributed by atoms with Crippen molar-refractivity contribution in [3.8, 4) is 0 Å². The van der Waals surface area contributed by atoms with Crippen molar-refractivity contribution in [3.63, 3.8) is 0 Å². The van der Waals surface area contributed by atoms with Crippen molar-refractivity contribution in [2.45, 2.75) is 68.7 Å². The Kier molecular flexibility index (Phi) is 8.51. The lowest BCUT2D eigenvalue weighted by Gasteiger charge is -2.19. The molecule has 0 nitrogen and oxygen atoms in total. The van der Waals surface area contributed by atoms with Gasteiger partial charge in [-0.05, 0) is 0 Å². The molecule has 0 spiro atoms. The predicted molar refractivity (Wildman–Crippen MR) is 60.3 cm³/mol. The summed E-state index contributed by atoms with van der Waals surface area (Å²) in [5, 5.41) is 3.03. The van der Waals surface area contributed by atoms with Crippen LogP contribution in [0.3, 0.4) is 0 Å². The van der Waals surface area contributed by atoms with Crippen LogP contribution in [-0.4, -0.2) is 14.1 Å². The summed E-state index contributed by atoms with van der Waals surface area (Å²) in [5.74, 6) is 0. The van der Waals surface area contributed by atoms with Gasteiger partial charge in [-0.2, -0.15) is 0 Å². The summed E-state index contributed by atoms with van der Waals surface area (Å²) in [7, 11) is 0. The summed E-state index contributed by atoms with van der Waals surface area (Å²) in [6.45, 7) is 9.48. The van der Waals surface area contributed by atoms with Crippen LogP contribution in [-0.2, 0) is 0 Å². The summed E-state index contributed by atoms with van der Waals surface area (Å²) in [6, 6.07) is 0. The van der Waals surface area contributed by atoms with Crippen molar-refractivity contribution in [1.82, 2.24) is 0 Å². The smallest absolute Gasteiger partial charge is 0.0965 e. The molecule has 0 aromatic heterocycles. The number of hydrogen-bond acceptors (Lipinski definition) is 0. The van der Waals surface area contributed by atoms with Crippen LogP contribution < -0.4 is 0 Å². The lowest BCUT2D eigenvalue weighted by molar-refractivity contribution is 0.640. The van der Waals surface area contributed by atoms with Crippen LogP contribution in [0.4, 0.5) is 0 Å². The minimum Gasteiger partial charge on any atom is -0.0965 e. The fraction of sp³-hybridized carbons (Fsp3) is 1.00. The molecule has 1 atom stereocenters. The highest BCUT2D eigenvalue weighted by Crippen LogP contribution is 2.26. The van der Waals surface area contributed by atoms with E-state index >= 15 is 0 Å². The van der Waals surface area contributed by atoms with E-state index in [-0.39, 0.29) is 14.1 Å². The van der Waals surface area contributed by atoms with E-state index in [0.29, 0.717) is 0 Å². The molecular formula is C11H25Al. The first-order valence-electron chi connectivity index (χ1n) is 5.79. The first-order valence-corrected chi connectivity index (χ1v) is 8.09. The maximum atomic E-state index is 2.40. The maximum absolute atomic E-state index is 2.40. The van der Waals surface area contributed by atoms with E-state index in [2.05, 4.69) is 27.7 Å². The van der Waals surface area contributed by atoms with Crippen molar-refractivity contribution >= 4 is 14.1 Å². The number of unbranched alkanes of at least 4 members (excludes halogenated alkanes) is 1. The van der Waals surface area contributed by atoms with Crippen molar-refractivity contribution < 1.29 is 0 Å². The van der Waals surface area contributed by atoms with Gasteiger partial charge in [0.15, 0.2) is 0 Å². The molecule has 0 heterocycles.